The number of benzene rings is 3. The molecule has 194 valence electrons. The monoisotopic (exact) mass is 523 g/mol. The number of anilines is 1. The first-order valence-electron chi connectivity index (χ1n) is 12.0. The number of para-hydroxylation sites is 3. The van der Waals surface area contributed by atoms with E-state index in [1.807, 2.05) is 36.4 Å². The zero-order valence-corrected chi connectivity index (χ0v) is 21.4. The van der Waals surface area contributed by atoms with Crippen molar-refractivity contribution in [3.63, 3.8) is 0 Å². The normalized spacial score (nSPS) is 15.4. The van der Waals surface area contributed by atoms with E-state index < -0.39 is 10.0 Å². The van der Waals surface area contributed by atoms with Crippen molar-refractivity contribution in [1.29, 1.82) is 0 Å². The van der Waals surface area contributed by atoms with Crippen molar-refractivity contribution in [2.75, 3.05) is 50.1 Å². The molecule has 3 aromatic rings. The molecule has 0 atom stereocenters. The number of hydrogen-bond donors (Lipinski definition) is 0. The smallest absolute Gasteiger partial charge is 0.243 e. The lowest BCUT2D eigenvalue weighted by Gasteiger charge is -2.36. The van der Waals surface area contributed by atoms with Crippen LogP contribution in [0, 0.1) is 0 Å². The molecule has 0 saturated carbocycles. The Hall–Kier alpha value is -3.76. The Morgan fingerprint density at radius 2 is 1.62 bits per heavy atom. The van der Waals surface area contributed by atoms with Crippen molar-refractivity contribution in [3.8, 4) is 23.0 Å². The minimum Gasteiger partial charge on any atom is -0.455 e. The van der Waals surface area contributed by atoms with E-state index in [1.54, 1.807) is 41.3 Å². The van der Waals surface area contributed by atoms with E-state index in [1.165, 1.54) is 0 Å². The van der Waals surface area contributed by atoms with Crippen LogP contribution in [-0.4, -0.2) is 69.9 Å². The van der Waals surface area contributed by atoms with Crippen LogP contribution in [0.1, 0.15) is 5.56 Å². The molecule has 9 nitrogen and oxygen atoms in total. The van der Waals surface area contributed by atoms with E-state index in [0.717, 1.165) is 34.2 Å². The predicted octanol–water partition coefficient (Wildman–Crippen LogP) is 3.32. The van der Waals surface area contributed by atoms with Gasteiger partial charge in [-0.05, 0) is 42.0 Å². The molecular weight excluding hydrogens is 494 g/mol. The molecule has 1 fully saturated rings. The van der Waals surface area contributed by atoms with Crippen molar-refractivity contribution in [3.05, 3.63) is 78.4 Å². The van der Waals surface area contributed by atoms with Gasteiger partial charge in [0.25, 0.3) is 0 Å². The van der Waals surface area contributed by atoms with Crippen LogP contribution >= 0.6 is 0 Å². The Kier molecular flexibility index (Phi) is 7.20. The average molecular weight is 524 g/mol. The second-order valence-electron chi connectivity index (χ2n) is 9.00. The van der Waals surface area contributed by atoms with Crippen LogP contribution in [0.25, 0.3) is 0 Å². The predicted molar refractivity (Wildman–Crippen MR) is 140 cm³/mol. The Bertz CT molecular complexity index is 1360. The number of sulfonamides is 1. The molecule has 2 aliphatic rings. The summed E-state index contributed by atoms with van der Waals surface area (Å²) in [5.74, 6) is 2.20. The SMILES string of the molecule is CS(=O)(=O)N(CC(=O)N1CCN(Cc2ccc3c(c2)OCO3)CC1)c1ccccc1Oc1ccccc1. The third-order valence-corrected chi connectivity index (χ3v) is 7.48. The van der Waals surface area contributed by atoms with Gasteiger partial charge in [0.15, 0.2) is 17.2 Å². The van der Waals surface area contributed by atoms with Crippen molar-refractivity contribution < 1.29 is 27.4 Å². The van der Waals surface area contributed by atoms with E-state index >= 15 is 0 Å². The van der Waals surface area contributed by atoms with Gasteiger partial charge in [-0.3, -0.25) is 14.0 Å². The largest absolute Gasteiger partial charge is 0.455 e. The van der Waals surface area contributed by atoms with Gasteiger partial charge in [0.05, 0.1) is 11.9 Å². The van der Waals surface area contributed by atoms with Crippen LogP contribution in [0.5, 0.6) is 23.0 Å². The first-order chi connectivity index (χ1) is 17.9. The highest BCUT2D eigenvalue weighted by Gasteiger charge is 2.28. The molecule has 0 aliphatic carbocycles. The van der Waals surface area contributed by atoms with E-state index in [2.05, 4.69) is 4.90 Å². The molecule has 0 N–H and O–H groups in total. The molecule has 0 bridgehead atoms. The van der Waals surface area contributed by atoms with Crippen LogP contribution in [0.2, 0.25) is 0 Å². The molecule has 0 radical (unpaired) electrons. The molecule has 0 spiro atoms. The first-order valence-corrected chi connectivity index (χ1v) is 13.9. The zero-order valence-electron chi connectivity index (χ0n) is 20.6. The third-order valence-electron chi connectivity index (χ3n) is 6.35. The molecule has 2 heterocycles. The second kappa shape index (κ2) is 10.7. The number of nitrogens with zero attached hydrogens (tertiary/aromatic N) is 3. The van der Waals surface area contributed by atoms with Crippen molar-refractivity contribution >= 4 is 21.6 Å². The van der Waals surface area contributed by atoms with Gasteiger partial charge in [-0.1, -0.05) is 36.4 Å². The standard InChI is InChI=1S/C27H29N3O6S/c1-37(32,33)30(23-9-5-6-10-24(23)36-22-7-3-2-4-8-22)19-27(31)29-15-13-28(14-16-29)18-21-11-12-25-26(17-21)35-20-34-25/h2-12,17H,13-16,18-20H2,1H3. The fourth-order valence-corrected chi connectivity index (χ4v) is 5.27. The van der Waals surface area contributed by atoms with Crippen LogP contribution in [0.15, 0.2) is 72.8 Å². The summed E-state index contributed by atoms with van der Waals surface area (Å²) < 4.78 is 43.4. The summed E-state index contributed by atoms with van der Waals surface area (Å²) in [5.41, 5.74) is 1.44. The average Bonchev–Trinajstić information content (AvgIpc) is 3.36. The number of amides is 1. The Labute approximate surface area is 216 Å². The second-order valence-corrected chi connectivity index (χ2v) is 10.9. The molecule has 10 heteroatoms. The number of piperazine rings is 1. The summed E-state index contributed by atoms with van der Waals surface area (Å²) >= 11 is 0. The number of carbonyl (C=O) groups excluding carboxylic acids is 1. The fourth-order valence-electron chi connectivity index (χ4n) is 4.42. The maximum Gasteiger partial charge on any atom is 0.243 e. The summed E-state index contributed by atoms with van der Waals surface area (Å²) in [7, 11) is -3.75. The van der Waals surface area contributed by atoms with E-state index in [-0.39, 0.29) is 19.2 Å². The molecular formula is C27H29N3O6S. The highest BCUT2D eigenvalue weighted by atomic mass is 32.2. The van der Waals surface area contributed by atoms with Gasteiger partial charge in [0.1, 0.15) is 12.3 Å². The number of hydrogen-bond acceptors (Lipinski definition) is 7. The minimum atomic E-state index is -3.75. The van der Waals surface area contributed by atoms with Gasteiger partial charge < -0.3 is 19.1 Å². The number of carbonyl (C=O) groups is 1. The van der Waals surface area contributed by atoms with E-state index in [0.29, 0.717) is 43.4 Å². The number of ether oxygens (including phenoxy) is 3. The maximum atomic E-state index is 13.2. The molecule has 5 rings (SSSR count). The summed E-state index contributed by atoms with van der Waals surface area (Å²) in [6.07, 6.45) is 1.10. The fraction of sp³-hybridized carbons (Fsp3) is 0.296. The highest BCUT2D eigenvalue weighted by molar-refractivity contribution is 7.92. The number of rotatable bonds is 8. The topological polar surface area (TPSA) is 88.6 Å². The van der Waals surface area contributed by atoms with Gasteiger partial charge >= 0.3 is 0 Å². The summed E-state index contributed by atoms with van der Waals surface area (Å²) in [5, 5.41) is 0. The third kappa shape index (κ3) is 5.98. The lowest BCUT2D eigenvalue weighted by molar-refractivity contribution is -0.131. The first kappa shape index (κ1) is 24.9. The molecule has 2 aliphatic heterocycles. The quantitative estimate of drug-likeness (QED) is 0.448. The Balaban J connectivity index is 1.23. The van der Waals surface area contributed by atoms with Crippen molar-refractivity contribution in [1.82, 2.24) is 9.80 Å². The van der Waals surface area contributed by atoms with E-state index in [4.69, 9.17) is 14.2 Å². The highest BCUT2D eigenvalue weighted by Crippen LogP contribution is 2.34. The molecule has 1 saturated heterocycles. The zero-order chi connectivity index (χ0) is 25.8. The maximum absolute atomic E-state index is 13.2. The lowest BCUT2D eigenvalue weighted by atomic mass is 10.1. The van der Waals surface area contributed by atoms with Crippen LogP contribution in [0.4, 0.5) is 5.69 Å². The van der Waals surface area contributed by atoms with Crippen molar-refractivity contribution in [2.45, 2.75) is 6.54 Å². The van der Waals surface area contributed by atoms with Crippen LogP contribution in [-0.2, 0) is 21.4 Å². The summed E-state index contributed by atoms with van der Waals surface area (Å²) in [6, 6.07) is 21.9. The molecule has 0 unspecified atom stereocenters. The molecule has 1 amide bonds. The Morgan fingerprint density at radius 3 is 2.38 bits per heavy atom. The molecule has 37 heavy (non-hydrogen) atoms. The molecule has 3 aromatic carbocycles. The summed E-state index contributed by atoms with van der Waals surface area (Å²) in [6.45, 7) is 3.09. The van der Waals surface area contributed by atoms with E-state index in [9.17, 15) is 13.2 Å². The van der Waals surface area contributed by atoms with Gasteiger partial charge in [-0.15, -0.1) is 0 Å². The lowest BCUT2D eigenvalue weighted by Crippen LogP contribution is -2.51. The van der Waals surface area contributed by atoms with Gasteiger partial charge in [0.2, 0.25) is 22.7 Å². The minimum absolute atomic E-state index is 0.243. The summed E-state index contributed by atoms with van der Waals surface area (Å²) in [4.78, 5) is 17.2. The van der Waals surface area contributed by atoms with Crippen LogP contribution < -0.4 is 18.5 Å². The van der Waals surface area contributed by atoms with Crippen LogP contribution in [0.3, 0.4) is 0 Å². The number of fused-ring (bicyclic) bond motifs is 1. The van der Waals surface area contributed by atoms with Gasteiger partial charge in [-0.25, -0.2) is 8.42 Å². The van der Waals surface area contributed by atoms with Crippen molar-refractivity contribution in [2.24, 2.45) is 0 Å². The van der Waals surface area contributed by atoms with Gasteiger partial charge in [-0.2, -0.15) is 0 Å². The Morgan fingerprint density at radius 1 is 0.919 bits per heavy atom. The molecule has 0 aromatic heterocycles. The van der Waals surface area contributed by atoms with Gasteiger partial charge in [0, 0.05) is 32.7 Å².